The Kier molecular flexibility index (Phi) is 4.09. The molecule has 1 heterocycles. The molecule has 0 aliphatic carbocycles. The number of carbonyl (C=O) groups is 1. The third-order valence-corrected chi connectivity index (χ3v) is 2.99. The van der Waals surface area contributed by atoms with Crippen molar-refractivity contribution in [2.45, 2.75) is 6.42 Å². The summed E-state index contributed by atoms with van der Waals surface area (Å²) in [5.41, 5.74) is 1.32. The number of para-hydroxylation sites is 1. The van der Waals surface area contributed by atoms with Crippen molar-refractivity contribution in [3.05, 3.63) is 42.1 Å². The fraction of sp³-hybridized carbons (Fsp3) is 0.231. The number of fused-ring (bicyclic) bond motifs is 1. The predicted molar refractivity (Wildman–Crippen MR) is 72.5 cm³/mol. The maximum Gasteiger partial charge on any atom is 0.269 e. The van der Waals surface area contributed by atoms with Crippen LogP contribution in [-0.4, -0.2) is 22.8 Å². The zero-order valence-corrected chi connectivity index (χ0v) is 10.9. The lowest BCUT2D eigenvalue weighted by atomic mass is 10.2. The molecule has 1 N–H and O–H groups in total. The van der Waals surface area contributed by atoms with E-state index < -0.39 is 0 Å². The van der Waals surface area contributed by atoms with E-state index in [0.29, 0.717) is 12.2 Å². The standard InChI is InChI=1S/C13H13BrN2O/c14-8-3-9-15-13(17)12-7-6-10-4-1-2-5-11(10)16-12/h1-2,4-7H,3,8-9H2,(H,15,17). The average molecular weight is 293 g/mol. The zero-order valence-electron chi connectivity index (χ0n) is 9.32. The molecule has 1 amide bonds. The summed E-state index contributed by atoms with van der Waals surface area (Å²) in [6.07, 6.45) is 0.916. The highest BCUT2D eigenvalue weighted by molar-refractivity contribution is 9.09. The van der Waals surface area contributed by atoms with Crippen molar-refractivity contribution in [1.82, 2.24) is 10.3 Å². The molecular weight excluding hydrogens is 280 g/mol. The number of alkyl halides is 1. The maximum absolute atomic E-state index is 11.8. The number of amides is 1. The van der Waals surface area contributed by atoms with Crippen LogP contribution in [0.4, 0.5) is 0 Å². The van der Waals surface area contributed by atoms with Crippen LogP contribution < -0.4 is 5.32 Å². The van der Waals surface area contributed by atoms with Crippen molar-refractivity contribution >= 4 is 32.7 Å². The largest absolute Gasteiger partial charge is 0.351 e. The molecule has 0 atom stereocenters. The number of aromatic nitrogens is 1. The first kappa shape index (κ1) is 12.0. The van der Waals surface area contributed by atoms with Gasteiger partial charge < -0.3 is 5.32 Å². The topological polar surface area (TPSA) is 42.0 Å². The molecule has 0 fully saturated rings. The Hall–Kier alpha value is -1.42. The number of hydrogen-bond acceptors (Lipinski definition) is 2. The van der Waals surface area contributed by atoms with Crippen LogP contribution in [0.2, 0.25) is 0 Å². The van der Waals surface area contributed by atoms with Crippen molar-refractivity contribution in [1.29, 1.82) is 0 Å². The lowest BCUT2D eigenvalue weighted by Crippen LogP contribution is -2.25. The zero-order chi connectivity index (χ0) is 12.1. The van der Waals surface area contributed by atoms with E-state index in [0.717, 1.165) is 22.7 Å². The Morgan fingerprint density at radius 3 is 2.88 bits per heavy atom. The summed E-state index contributed by atoms with van der Waals surface area (Å²) >= 11 is 3.32. The van der Waals surface area contributed by atoms with Gasteiger partial charge in [0, 0.05) is 17.3 Å². The van der Waals surface area contributed by atoms with Gasteiger partial charge in [-0.1, -0.05) is 40.2 Å². The number of rotatable bonds is 4. The molecule has 1 aromatic carbocycles. The number of nitrogens with one attached hydrogen (secondary N) is 1. The number of halogens is 1. The van der Waals surface area contributed by atoms with Crippen LogP contribution in [0.15, 0.2) is 36.4 Å². The molecule has 0 radical (unpaired) electrons. The molecule has 0 unspecified atom stereocenters. The van der Waals surface area contributed by atoms with Gasteiger partial charge in [-0.2, -0.15) is 0 Å². The Labute approximate surface area is 108 Å². The smallest absolute Gasteiger partial charge is 0.269 e. The van der Waals surface area contributed by atoms with Crippen molar-refractivity contribution in [3.8, 4) is 0 Å². The van der Waals surface area contributed by atoms with Crippen LogP contribution >= 0.6 is 15.9 Å². The number of carbonyl (C=O) groups excluding carboxylic acids is 1. The average Bonchev–Trinajstić information content (AvgIpc) is 2.38. The molecule has 2 rings (SSSR count). The van der Waals surface area contributed by atoms with Crippen LogP contribution in [0.25, 0.3) is 10.9 Å². The second-order valence-corrected chi connectivity index (χ2v) is 4.48. The van der Waals surface area contributed by atoms with Crippen molar-refractivity contribution < 1.29 is 4.79 Å². The van der Waals surface area contributed by atoms with Crippen LogP contribution in [0.3, 0.4) is 0 Å². The highest BCUT2D eigenvalue weighted by atomic mass is 79.9. The molecule has 0 bridgehead atoms. The summed E-state index contributed by atoms with van der Waals surface area (Å²) in [6.45, 7) is 0.665. The third kappa shape index (κ3) is 3.03. The molecule has 3 nitrogen and oxygen atoms in total. The van der Waals surface area contributed by atoms with Gasteiger partial charge >= 0.3 is 0 Å². The number of pyridine rings is 1. The van der Waals surface area contributed by atoms with Gasteiger partial charge in [0.25, 0.3) is 5.91 Å². The molecule has 88 valence electrons. The van der Waals surface area contributed by atoms with Gasteiger partial charge in [-0.25, -0.2) is 4.98 Å². The SMILES string of the molecule is O=C(NCCCBr)c1ccc2ccccc2n1. The number of nitrogens with zero attached hydrogens (tertiary/aromatic N) is 1. The Balaban J connectivity index is 2.15. The summed E-state index contributed by atoms with van der Waals surface area (Å²) in [5, 5.41) is 4.77. The lowest BCUT2D eigenvalue weighted by molar-refractivity contribution is 0.0949. The van der Waals surface area contributed by atoms with E-state index in [-0.39, 0.29) is 5.91 Å². The van der Waals surface area contributed by atoms with E-state index in [4.69, 9.17) is 0 Å². The van der Waals surface area contributed by atoms with Gasteiger partial charge in [0.2, 0.25) is 0 Å². The van der Waals surface area contributed by atoms with E-state index in [1.807, 2.05) is 30.3 Å². The quantitative estimate of drug-likeness (QED) is 0.695. The van der Waals surface area contributed by atoms with E-state index in [1.165, 1.54) is 0 Å². The van der Waals surface area contributed by atoms with Crippen LogP contribution in [0.1, 0.15) is 16.9 Å². The first-order chi connectivity index (χ1) is 8.31. The van der Waals surface area contributed by atoms with Gasteiger partial charge in [0.1, 0.15) is 5.69 Å². The Morgan fingerprint density at radius 2 is 2.06 bits per heavy atom. The molecule has 0 saturated carbocycles. The van der Waals surface area contributed by atoms with Crippen LogP contribution in [0.5, 0.6) is 0 Å². The number of hydrogen-bond donors (Lipinski definition) is 1. The molecule has 4 heteroatoms. The summed E-state index contributed by atoms with van der Waals surface area (Å²) in [4.78, 5) is 16.1. The minimum absolute atomic E-state index is 0.114. The minimum atomic E-state index is -0.114. The molecular formula is C13H13BrN2O. The second-order valence-electron chi connectivity index (χ2n) is 3.69. The van der Waals surface area contributed by atoms with E-state index in [1.54, 1.807) is 6.07 Å². The molecule has 2 aromatic rings. The van der Waals surface area contributed by atoms with Crippen molar-refractivity contribution in [3.63, 3.8) is 0 Å². The van der Waals surface area contributed by atoms with Crippen LogP contribution in [-0.2, 0) is 0 Å². The Bertz CT molecular complexity index is 528. The van der Waals surface area contributed by atoms with E-state index in [2.05, 4.69) is 26.2 Å². The summed E-state index contributed by atoms with van der Waals surface area (Å²) in [5.74, 6) is -0.114. The first-order valence-corrected chi connectivity index (χ1v) is 6.63. The van der Waals surface area contributed by atoms with E-state index in [9.17, 15) is 4.79 Å². The summed E-state index contributed by atoms with van der Waals surface area (Å²) in [7, 11) is 0. The fourth-order valence-electron chi connectivity index (χ4n) is 1.55. The lowest BCUT2D eigenvalue weighted by Gasteiger charge is -2.04. The number of benzene rings is 1. The molecule has 0 aliphatic heterocycles. The van der Waals surface area contributed by atoms with Crippen LogP contribution in [0, 0.1) is 0 Å². The third-order valence-electron chi connectivity index (χ3n) is 2.43. The van der Waals surface area contributed by atoms with Gasteiger partial charge in [-0.15, -0.1) is 0 Å². The highest BCUT2D eigenvalue weighted by Crippen LogP contribution is 2.11. The minimum Gasteiger partial charge on any atom is -0.351 e. The normalized spacial score (nSPS) is 10.4. The Morgan fingerprint density at radius 1 is 1.24 bits per heavy atom. The fourth-order valence-corrected chi connectivity index (χ4v) is 1.83. The molecule has 0 saturated heterocycles. The van der Waals surface area contributed by atoms with Gasteiger partial charge in [0.15, 0.2) is 0 Å². The maximum atomic E-state index is 11.8. The van der Waals surface area contributed by atoms with Crippen molar-refractivity contribution in [2.75, 3.05) is 11.9 Å². The summed E-state index contributed by atoms with van der Waals surface area (Å²) < 4.78 is 0. The van der Waals surface area contributed by atoms with Gasteiger partial charge in [0.05, 0.1) is 5.52 Å². The second kappa shape index (κ2) is 5.77. The summed E-state index contributed by atoms with van der Waals surface area (Å²) in [6, 6.07) is 11.4. The van der Waals surface area contributed by atoms with Crippen molar-refractivity contribution in [2.24, 2.45) is 0 Å². The molecule has 1 aromatic heterocycles. The van der Waals surface area contributed by atoms with Gasteiger partial charge in [-0.3, -0.25) is 4.79 Å². The molecule has 0 aliphatic rings. The van der Waals surface area contributed by atoms with E-state index >= 15 is 0 Å². The predicted octanol–water partition coefficient (Wildman–Crippen LogP) is 2.75. The van der Waals surface area contributed by atoms with Gasteiger partial charge in [-0.05, 0) is 18.6 Å². The monoisotopic (exact) mass is 292 g/mol. The highest BCUT2D eigenvalue weighted by Gasteiger charge is 2.06. The molecule has 17 heavy (non-hydrogen) atoms. The first-order valence-electron chi connectivity index (χ1n) is 5.51. The molecule has 0 spiro atoms.